The molecule has 4 rings (SSSR count). The van der Waals surface area contributed by atoms with E-state index in [1.165, 1.54) is 0 Å². The minimum Gasteiger partial charge on any atom is -0.491 e. The number of carbonyl (C=O) groups excluding carboxylic acids is 2. The highest BCUT2D eigenvalue weighted by molar-refractivity contribution is 5.93. The van der Waals surface area contributed by atoms with Crippen molar-refractivity contribution in [2.45, 2.75) is 25.9 Å². The maximum absolute atomic E-state index is 12.5. The Morgan fingerprint density at radius 3 is 2.78 bits per heavy atom. The van der Waals surface area contributed by atoms with Crippen LogP contribution in [0.15, 0.2) is 54.0 Å². The molecule has 0 bridgehead atoms. The largest absolute Gasteiger partial charge is 0.491 e. The van der Waals surface area contributed by atoms with Crippen molar-refractivity contribution in [1.29, 1.82) is 0 Å². The van der Waals surface area contributed by atoms with E-state index in [9.17, 15) is 9.59 Å². The lowest BCUT2D eigenvalue weighted by atomic mass is 10.0. The molecule has 2 aromatic carbocycles. The molecule has 2 amide bonds. The summed E-state index contributed by atoms with van der Waals surface area (Å²) in [5, 5.41) is 5.20. The van der Waals surface area contributed by atoms with Gasteiger partial charge in [-0.05, 0) is 23.3 Å². The highest BCUT2D eigenvalue weighted by Crippen LogP contribution is 2.23. The minimum atomic E-state index is -0.322. The zero-order valence-corrected chi connectivity index (χ0v) is 15.2. The summed E-state index contributed by atoms with van der Waals surface area (Å²) < 4.78 is 10.8. The summed E-state index contributed by atoms with van der Waals surface area (Å²) in [6.07, 6.45) is 0.295. The summed E-state index contributed by atoms with van der Waals surface area (Å²) in [6.45, 7) is 3.54. The summed E-state index contributed by atoms with van der Waals surface area (Å²) in [7, 11) is 0. The van der Waals surface area contributed by atoms with Crippen molar-refractivity contribution < 1.29 is 19.1 Å². The van der Waals surface area contributed by atoms with Gasteiger partial charge in [-0.25, -0.2) is 0 Å². The van der Waals surface area contributed by atoms with E-state index in [4.69, 9.17) is 9.47 Å². The topological polar surface area (TPSA) is 67.9 Å². The monoisotopic (exact) mass is 366 g/mol. The molecular formula is C21H22N2O4. The number of amides is 2. The van der Waals surface area contributed by atoms with Crippen LogP contribution in [0.2, 0.25) is 0 Å². The fourth-order valence-corrected chi connectivity index (χ4v) is 3.64. The second kappa shape index (κ2) is 7.31. The van der Waals surface area contributed by atoms with Crippen LogP contribution in [-0.2, 0) is 25.6 Å². The lowest BCUT2D eigenvalue weighted by molar-refractivity contribution is -0.128. The van der Waals surface area contributed by atoms with Crippen molar-refractivity contribution in [3.63, 3.8) is 0 Å². The van der Waals surface area contributed by atoms with Crippen LogP contribution in [0.1, 0.15) is 18.9 Å². The molecule has 1 N–H and O–H groups in total. The number of nitrogens with one attached hydrogen (secondary N) is 1. The van der Waals surface area contributed by atoms with E-state index in [-0.39, 0.29) is 23.6 Å². The number of ether oxygens (including phenoxy) is 2. The molecule has 6 heteroatoms. The van der Waals surface area contributed by atoms with Crippen molar-refractivity contribution in [2.24, 2.45) is 0 Å². The zero-order chi connectivity index (χ0) is 18.8. The molecule has 0 saturated carbocycles. The van der Waals surface area contributed by atoms with Crippen molar-refractivity contribution in [1.82, 2.24) is 10.2 Å². The first-order chi connectivity index (χ1) is 13.1. The average Bonchev–Trinajstić information content (AvgIpc) is 3.01. The zero-order valence-electron chi connectivity index (χ0n) is 15.2. The quantitative estimate of drug-likeness (QED) is 0.902. The molecule has 1 unspecified atom stereocenters. The van der Waals surface area contributed by atoms with Gasteiger partial charge in [0.05, 0.1) is 6.04 Å². The number of carbonyl (C=O) groups is 2. The molecule has 1 saturated heterocycles. The number of nitrogens with zero attached hydrogens (tertiary/aromatic N) is 1. The first-order valence-corrected chi connectivity index (χ1v) is 9.13. The van der Waals surface area contributed by atoms with Gasteiger partial charge in [0.2, 0.25) is 11.7 Å². The minimum absolute atomic E-state index is 0.0414. The summed E-state index contributed by atoms with van der Waals surface area (Å²) in [5.74, 6) is 0.411. The van der Waals surface area contributed by atoms with Crippen molar-refractivity contribution in [2.75, 3.05) is 19.8 Å². The van der Waals surface area contributed by atoms with Crippen molar-refractivity contribution in [3.05, 3.63) is 59.5 Å². The smallest absolute Gasteiger partial charge is 0.290 e. The first kappa shape index (κ1) is 17.4. The molecule has 2 heterocycles. The van der Waals surface area contributed by atoms with E-state index in [2.05, 4.69) is 23.5 Å². The van der Waals surface area contributed by atoms with Crippen molar-refractivity contribution in [3.8, 4) is 0 Å². The number of allylic oxidation sites excluding steroid dienone is 1. The Labute approximate surface area is 157 Å². The highest BCUT2D eigenvalue weighted by atomic mass is 16.6. The van der Waals surface area contributed by atoms with E-state index in [0.717, 1.165) is 16.3 Å². The number of benzene rings is 2. The molecule has 27 heavy (non-hydrogen) atoms. The van der Waals surface area contributed by atoms with Crippen LogP contribution in [0.4, 0.5) is 0 Å². The van der Waals surface area contributed by atoms with Gasteiger partial charge in [-0.3, -0.25) is 9.59 Å². The van der Waals surface area contributed by atoms with Crippen LogP contribution >= 0.6 is 0 Å². The summed E-state index contributed by atoms with van der Waals surface area (Å²) >= 11 is 0. The van der Waals surface area contributed by atoms with Crippen LogP contribution in [-0.4, -0.2) is 42.5 Å². The van der Waals surface area contributed by atoms with Gasteiger partial charge in [-0.2, -0.15) is 0 Å². The van der Waals surface area contributed by atoms with Gasteiger partial charge in [0.1, 0.15) is 19.0 Å². The predicted octanol–water partition coefficient (Wildman–Crippen LogP) is 2.34. The highest BCUT2D eigenvalue weighted by Gasteiger charge is 2.32. The van der Waals surface area contributed by atoms with Crippen LogP contribution in [0.25, 0.3) is 10.8 Å². The van der Waals surface area contributed by atoms with E-state index in [1.807, 2.05) is 24.3 Å². The van der Waals surface area contributed by atoms with Gasteiger partial charge in [-0.1, -0.05) is 42.5 Å². The maximum atomic E-state index is 12.5. The molecular weight excluding hydrogens is 344 g/mol. The second-order valence-corrected chi connectivity index (χ2v) is 6.87. The molecule has 1 atom stereocenters. The Kier molecular flexibility index (Phi) is 4.71. The Bertz CT molecular complexity index is 916. The standard InChI is InChI=1S/C21H22N2O4/c1-14-20(27-10-9-26-14)21(25)22-17-11-19(24)23(13-17)12-16-7-4-6-15-5-2-3-8-18(15)16/h2-8,17H,9-13H2,1H3,(H,22,25). The van der Waals surface area contributed by atoms with E-state index in [0.29, 0.717) is 38.5 Å². The number of fused-ring (bicyclic) bond motifs is 1. The van der Waals surface area contributed by atoms with Crippen LogP contribution in [0.3, 0.4) is 0 Å². The third kappa shape index (κ3) is 3.60. The lowest BCUT2D eigenvalue weighted by Gasteiger charge is -2.21. The SMILES string of the molecule is CC1=C(C(=O)NC2CC(=O)N(Cc3cccc4ccccc34)C2)OCCO1. The Morgan fingerprint density at radius 1 is 1.15 bits per heavy atom. The molecule has 140 valence electrons. The fraction of sp³-hybridized carbons (Fsp3) is 0.333. The van der Waals surface area contributed by atoms with Gasteiger partial charge in [0.15, 0.2) is 0 Å². The maximum Gasteiger partial charge on any atom is 0.290 e. The molecule has 2 aliphatic rings. The normalized spacial score (nSPS) is 19.8. The molecule has 1 fully saturated rings. The van der Waals surface area contributed by atoms with E-state index < -0.39 is 0 Å². The molecule has 2 aliphatic heterocycles. The van der Waals surface area contributed by atoms with Gasteiger partial charge < -0.3 is 19.7 Å². The molecule has 6 nitrogen and oxygen atoms in total. The molecule has 0 aliphatic carbocycles. The third-order valence-electron chi connectivity index (χ3n) is 4.97. The van der Waals surface area contributed by atoms with Gasteiger partial charge >= 0.3 is 0 Å². The summed E-state index contributed by atoms with van der Waals surface area (Å²) in [6, 6.07) is 14.0. The molecule has 0 aromatic heterocycles. The summed E-state index contributed by atoms with van der Waals surface area (Å²) in [4.78, 5) is 26.7. The first-order valence-electron chi connectivity index (χ1n) is 9.13. The average molecular weight is 366 g/mol. The molecule has 2 aromatic rings. The Balaban J connectivity index is 1.44. The second-order valence-electron chi connectivity index (χ2n) is 6.87. The van der Waals surface area contributed by atoms with Gasteiger partial charge in [-0.15, -0.1) is 0 Å². The van der Waals surface area contributed by atoms with Crippen molar-refractivity contribution >= 4 is 22.6 Å². The molecule has 0 spiro atoms. The number of likely N-dealkylation sites (tertiary alicyclic amines) is 1. The summed E-state index contributed by atoms with van der Waals surface area (Å²) in [5.41, 5.74) is 1.11. The predicted molar refractivity (Wildman–Crippen MR) is 101 cm³/mol. The lowest BCUT2D eigenvalue weighted by Crippen LogP contribution is -2.39. The van der Waals surface area contributed by atoms with Gasteiger partial charge in [0, 0.05) is 19.5 Å². The van der Waals surface area contributed by atoms with Gasteiger partial charge in [0.25, 0.3) is 5.91 Å². The van der Waals surface area contributed by atoms with Crippen LogP contribution < -0.4 is 5.32 Å². The number of rotatable bonds is 4. The third-order valence-corrected chi connectivity index (χ3v) is 4.97. The fourth-order valence-electron chi connectivity index (χ4n) is 3.64. The Morgan fingerprint density at radius 2 is 1.93 bits per heavy atom. The molecule has 0 radical (unpaired) electrons. The number of hydrogen-bond donors (Lipinski definition) is 1. The van der Waals surface area contributed by atoms with E-state index in [1.54, 1.807) is 11.8 Å². The van der Waals surface area contributed by atoms with E-state index >= 15 is 0 Å². The Hall–Kier alpha value is -3.02. The van der Waals surface area contributed by atoms with Crippen LogP contribution in [0.5, 0.6) is 0 Å². The van der Waals surface area contributed by atoms with Crippen LogP contribution in [0, 0.1) is 0 Å². The number of hydrogen-bond acceptors (Lipinski definition) is 4.